The minimum atomic E-state index is -0.350. The first-order chi connectivity index (χ1) is 14.6. The third-order valence-corrected chi connectivity index (χ3v) is 4.44. The van der Waals surface area contributed by atoms with Crippen LogP contribution in [0.2, 0.25) is 0 Å². The number of carbonyl (C=O) groups is 1. The summed E-state index contributed by atoms with van der Waals surface area (Å²) >= 11 is 0. The number of carbonyl (C=O) groups excluding carboxylic acids is 1. The molecule has 0 aliphatic rings. The van der Waals surface area contributed by atoms with Crippen molar-refractivity contribution in [3.8, 4) is 17.2 Å². The molecule has 5 nitrogen and oxygen atoms in total. The van der Waals surface area contributed by atoms with Crippen molar-refractivity contribution < 1.29 is 18.7 Å². The Balaban J connectivity index is 1.66. The summed E-state index contributed by atoms with van der Waals surface area (Å²) in [6.45, 7) is 6.32. The predicted molar refractivity (Wildman–Crippen MR) is 117 cm³/mol. The SMILES string of the molecule is CCOC(=O)/C=C/C=C(/C)c1cccc(OCc2nc(-c3ccccc3)oc2C)c1. The first-order valence-corrected chi connectivity index (χ1v) is 9.83. The Hall–Kier alpha value is -3.60. The first kappa shape index (κ1) is 21.1. The first-order valence-electron chi connectivity index (χ1n) is 9.83. The quantitative estimate of drug-likeness (QED) is 0.272. The van der Waals surface area contributed by atoms with Gasteiger partial charge in [-0.25, -0.2) is 9.78 Å². The van der Waals surface area contributed by atoms with Crippen LogP contribution in [-0.4, -0.2) is 17.6 Å². The molecule has 0 spiro atoms. The number of ether oxygens (including phenoxy) is 2. The van der Waals surface area contributed by atoms with Crippen molar-refractivity contribution in [2.45, 2.75) is 27.4 Å². The van der Waals surface area contributed by atoms with Crippen LogP contribution in [0.15, 0.2) is 77.2 Å². The number of allylic oxidation sites excluding steroid dienone is 3. The average Bonchev–Trinajstić information content (AvgIpc) is 3.14. The second-order valence-corrected chi connectivity index (χ2v) is 6.67. The lowest BCUT2D eigenvalue weighted by atomic mass is 10.1. The lowest BCUT2D eigenvalue weighted by Crippen LogP contribution is -1.98. The van der Waals surface area contributed by atoms with Crippen molar-refractivity contribution in [1.82, 2.24) is 4.98 Å². The van der Waals surface area contributed by atoms with Crippen LogP contribution in [0.25, 0.3) is 17.0 Å². The van der Waals surface area contributed by atoms with Gasteiger partial charge in [0.05, 0.1) is 6.61 Å². The highest BCUT2D eigenvalue weighted by Gasteiger charge is 2.12. The standard InChI is InChI=1S/C25H25NO4/c1-4-28-24(27)15-8-10-18(2)21-13-9-14-22(16-21)29-17-23-19(3)30-25(26-23)20-11-6-5-7-12-20/h5-16H,4,17H2,1-3H3/b15-8+,18-10-. The lowest BCUT2D eigenvalue weighted by Gasteiger charge is -2.07. The Bertz CT molecular complexity index is 1050. The van der Waals surface area contributed by atoms with Crippen LogP contribution in [0.1, 0.15) is 30.9 Å². The molecule has 3 aromatic rings. The molecule has 3 rings (SSSR count). The Morgan fingerprint density at radius 1 is 1.13 bits per heavy atom. The van der Waals surface area contributed by atoms with Crippen molar-refractivity contribution in [1.29, 1.82) is 0 Å². The van der Waals surface area contributed by atoms with Gasteiger partial charge in [-0.05, 0) is 56.2 Å². The molecule has 0 amide bonds. The molecule has 1 aromatic heterocycles. The van der Waals surface area contributed by atoms with E-state index in [2.05, 4.69) is 4.98 Å². The van der Waals surface area contributed by atoms with E-state index in [0.717, 1.165) is 33.9 Å². The number of benzene rings is 2. The van der Waals surface area contributed by atoms with Crippen molar-refractivity contribution in [3.63, 3.8) is 0 Å². The molecule has 0 saturated heterocycles. The van der Waals surface area contributed by atoms with Gasteiger partial charge in [-0.1, -0.05) is 42.5 Å². The molecule has 0 saturated carbocycles. The minimum Gasteiger partial charge on any atom is -0.487 e. The van der Waals surface area contributed by atoms with Crippen molar-refractivity contribution in [2.75, 3.05) is 6.61 Å². The smallest absolute Gasteiger partial charge is 0.330 e. The maximum Gasteiger partial charge on any atom is 0.330 e. The molecule has 30 heavy (non-hydrogen) atoms. The number of hydrogen-bond acceptors (Lipinski definition) is 5. The molecule has 0 aliphatic carbocycles. The van der Waals surface area contributed by atoms with Gasteiger partial charge in [0.1, 0.15) is 23.8 Å². The molecule has 2 aromatic carbocycles. The molecular weight excluding hydrogens is 378 g/mol. The van der Waals surface area contributed by atoms with Crippen LogP contribution in [0.5, 0.6) is 5.75 Å². The van der Waals surface area contributed by atoms with Gasteiger partial charge in [0.2, 0.25) is 5.89 Å². The average molecular weight is 403 g/mol. The third-order valence-electron chi connectivity index (χ3n) is 4.44. The summed E-state index contributed by atoms with van der Waals surface area (Å²) in [5.74, 6) is 1.72. The summed E-state index contributed by atoms with van der Waals surface area (Å²) in [6.07, 6.45) is 4.96. The summed E-state index contributed by atoms with van der Waals surface area (Å²) in [6, 6.07) is 17.6. The van der Waals surface area contributed by atoms with Gasteiger partial charge >= 0.3 is 5.97 Å². The van der Waals surface area contributed by atoms with Crippen LogP contribution in [0.3, 0.4) is 0 Å². The van der Waals surface area contributed by atoms with Gasteiger partial charge in [-0.2, -0.15) is 0 Å². The number of aromatic nitrogens is 1. The molecule has 0 atom stereocenters. The summed E-state index contributed by atoms with van der Waals surface area (Å²) in [7, 11) is 0. The summed E-state index contributed by atoms with van der Waals surface area (Å²) in [5.41, 5.74) is 3.71. The van der Waals surface area contributed by atoms with Crippen molar-refractivity contribution in [3.05, 3.63) is 89.8 Å². The van der Waals surface area contributed by atoms with Gasteiger partial charge < -0.3 is 13.9 Å². The van der Waals surface area contributed by atoms with Gasteiger partial charge in [-0.3, -0.25) is 0 Å². The maximum atomic E-state index is 11.4. The van der Waals surface area contributed by atoms with E-state index in [1.807, 2.05) is 74.5 Å². The number of nitrogens with zero attached hydrogens (tertiary/aromatic N) is 1. The number of esters is 1. The minimum absolute atomic E-state index is 0.317. The maximum absolute atomic E-state index is 11.4. The molecule has 0 aliphatic heterocycles. The largest absolute Gasteiger partial charge is 0.487 e. The Labute approximate surface area is 176 Å². The Morgan fingerprint density at radius 3 is 2.70 bits per heavy atom. The van der Waals surface area contributed by atoms with E-state index in [0.29, 0.717) is 19.1 Å². The fourth-order valence-electron chi connectivity index (χ4n) is 2.81. The molecule has 0 unspecified atom stereocenters. The molecule has 0 radical (unpaired) electrons. The zero-order chi connectivity index (χ0) is 21.3. The summed E-state index contributed by atoms with van der Waals surface area (Å²) in [5, 5.41) is 0. The number of oxazole rings is 1. The molecule has 1 heterocycles. The van der Waals surface area contributed by atoms with E-state index in [9.17, 15) is 4.79 Å². The van der Waals surface area contributed by atoms with E-state index in [-0.39, 0.29) is 5.97 Å². The van der Waals surface area contributed by atoms with Crippen LogP contribution in [-0.2, 0) is 16.1 Å². The Kier molecular flexibility index (Phi) is 7.22. The normalized spacial score (nSPS) is 11.6. The monoisotopic (exact) mass is 403 g/mol. The van der Waals surface area contributed by atoms with Crippen LogP contribution >= 0.6 is 0 Å². The molecule has 0 fully saturated rings. The van der Waals surface area contributed by atoms with E-state index in [1.165, 1.54) is 6.08 Å². The number of aryl methyl sites for hydroxylation is 1. The topological polar surface area (TPSA) is 61.6 Å². The predicted octanol–water partition coefficient (Wildman–Crippen LogP) is 5.75. The molecular formula is C25H25NO4. The fraction of sp³-hybridized carbons (Fsp3) is 0.200. The van der Waals surface area contributed by atoms with Gasteiger partial charge in [0.15, 0.2) is 0 Å². The molecule has 0 bridgehead atoms. The zero-order valence-electron chi connectivity index (χ0n) is 17.4. The summed E-state index contributed by atoms with van der Waals surface area (Å²) in [4.78, 5) is 16.0. The highest BCUT2D eigenvalue weighted by atomic mass is 16.5. The Morgan fingerprint density at radius 2 is 1.93 bits per heavy atom. The fourth-order valence-corrected chi connectivity index (χ4v) is 2.81. The van der Waals surface area contributed by atoms with Crippen LogP contribution < -0.4 is 4.74 Å². The van der Waals surface area contributed by atoms with Gasteiger partial charge in [-0.15, -0.1) is 0 Å². The zero-order valence-corrected chi connectivity index (χ0v) is 17.4. The highest BCUT2D eigenvalue weighted by molar-refractivity contribution is 5.82. The van der Waals surface area contributed by atoms with E-state index in [1.54, 1.807) is 13.0 Å². The third kappa shape index (κ3) is 5.70. The summed E-state index contributed by atoms with van der Waals surface area (Å²) < 4.78 is 16.6. The number of hydrogen-bond donors (Lipinski definition) is 0. The van der Waals surface area contributed by atoms with Gasteiger partial charge in [0, 0.05) is 11.6 Å². The van der Waals surface area contributed by atoms with Crippen LogP contribution in [0.4, 0.5) is 0 Å². The second-order valence-electron chi connectivity index (χ2n) is 6.67. The van der Waals surface area contributed by atoms with Crippen molar-refractivity contribution >= 4 is 11.5 Å². The van der Waals surface area contributed by atoms with E-state index >= 15 is 0 Å². The number of rotatable bonds is 8. The molecule has 0 N–H and O–H groups in total. The van der Waals surface area contributed by atoms with Gasteiger partial charge in [0.25, 0.3) is 0 Å². The second kappa shape index (κ2) is 10.3. The van der Waals surface area contributed by atoms with E-state index in [4.69, 9.17) is 13.9 Å². The molecule has 154 valence electrons. The highest BCUT2D eigenvalue weighted by Crippen LogP contribution is 2.24. The van der Waals surface area contributed by atoms with Crippen LogP contribution in [0, 0.1) is 6.92 Å². The van der Waals surface area contributed by atoms with E-state index < -0.39 is 0 Å². The lowest BCUT2D eigenvalue weighted by molar-refractivity contribution is -0.137. The molecule has 5 heteroatoms. The van der Waals surface area contributed by atoms with Crippen molar-refractivity contribution in [2.24, 2.45) is 0 Å².